The lowest BCUT2D eigenvalue weighted by molar-refractivity contribution is -0.660. The molecule has 0 spiro atoms. The SMILES string of the molecule is Cc1cc(C)c2c(oc3c(-c4cc5ccccc5c5ccccc45)c(C#N)ccc32)c1-c1cccc[n+]1C. The van der Waals surface area contributed by atoms with Crippen LogP contribution in [0.15, 0.2) is 102 Å². The van der Waals surface area contributed by atoms with Crippen LogP contribution in [0.1, 0.15) is 16.7 Å². The zero-order chi connectivity index (χ0) is 26.0. The Kier molecular flexibility index (Phi) is 4.86. The predicted molar refractivity (Wildman–Crippen MR) is 155 cm³/mol. The molecule has 0 N–H and O–H groups in total. The van der Waals surface area contributed by atoms with E-state index in [0.29, 0.717) is 5.56 Å². The van der Waals surface area contributed by atoms with Crippen LogP contribution in [-0.4, -0.2) is 0 Å². The minimum atomic E-state index is 0.609. The van der Waals surface area contributed by atoms with Gasteiger partial charge in [-0.1, -0.05) is 54.6 Å². The molecule has 0 unspecified atom stereocenters. The smallest absolute Gasteiger partial charge is 0.216 e. The van der Waals surface area contributed by atoms with Crippen LogP contribution in [0.25, 0.3) is 65.9 Å². The average Bonchev–Trinajstić information content (AvgIpc) is 3.33. The number of aryl methyl sites for hydroxylation is 3. The molecule has 0 atom stereocenters. The number of hydrogen-bond donors (Lipinski definition) is 0. The highest BCUT2D eigenvalue weighted by Crippen LogP contribution is 2.45. The Hall–Kier alpha value is -4.94. The van der Waals surface area contributed by atoms with E-state index in [1.807, 2.05) is 18.2 Å². The molecule has 2 aromatic heterocycles. The van der Waals surface area contributed by atoms with E-state index in [0.717, 1.165) is 66.2 Å². The van der Waals surface area contributed by atoms with E-state index in [9.17, 15) is 5.26 Å². The summed E-state index contributed by atoms with van der Waals surface area (Å²) in [4.78, 5) is 0. The minimum Gasteiger partial charge on any atom is -0.454 e. The van der Waals surface area contributed by atoms with Crippen molar-refractivity contribution < 1.29 is 8.98 Å². The van der Waals surface area contributed by atoms with Crippen molar-refractivity contribution in [1.82, 2.24) is 0 Å². The lowest BCUT2D eigenvalue weighted by Gasteiger charge is -2.12. The topological polar surface area (TPSA) is 40.8 Å². The Bertz CT molecular complexity index is 2130. The van der Waals surface area contributed by atoms with Gasteiger partial charge < -0.3 is 4.42 Å². The van der Waals surface area contributed by atoms with E-state index in [4.69, 9.17) is 4.42 Å². The second-order valence-electron chi connectivity index (χ2n) is 10.1. The Morgan fingerprint density at radius 3 is 2.21 bits per heavy atom. The lowest BCUT2D eigenvalue weighted by atomic mass is 9.89. The molecule has 0 aliphatic heterocycles. The predicted octanol–water partition coefficient (Wildman–Crippen LogP) is 8.54. The maximum absolute atomic E-state index is 10.3. The molecule has 0 bridgehead atoms. The number of nitriles is 1. The summed E-state index contributed by atoms with van der Waals surface area (Å²) in [5, 5.41) is 17.0. The quantitative estimate of drug-likeness (QED) is 0.180. The van der Waals surface area contributed by atoms with Gasteiger partial charge in [0.25, 0.3) is 0 Å². The molecular formula is C35H25N2O+. The molecule has 7 aromatic rings. The van der Waals surface area contributed by atoms with Crippen molar-refractivity contribution in [2.75, 3.05) is 0 Å². The van der Waals surface area contributed by atoms with Gasteiger partial charge in [-0.15, -0.1) is 0 Å². The fourth-order valence-corrected chi connectivity index (χ4v) is 6.10. The van der Waals surface area contributed by atoms with Crippen molar-refractivity contribution >= 4 is 43.5 Å². The van der Waals surface area contributed by atoms with E-state index in [-0.39, 0.29) is 0 Å². The number of rotatable bonds is 2. The molecule has 0 saturated carbocycles. The maximum Gasteiger partial charge on any atom is 0.216 e. The van der Waals surface area contributed by atoms with E-state index < -0.39 is 0 Å². The maximum atomic E-state index is 10.3. The molecule has 2 heterocycles. The van der Waals surface area contributed by atoms with Gasteiger partial charge in [-0.2, -0.15) is 5.26 Å². The van der Waals surface area contributed by atoms with E-state index in [1.54, 1.807) is 0 Å². The summed E-state index contributed by atoms with van der Waals surface area (Å²) < 4.78 is 9.01. The summed E-state index contributed by atoms with van der Waals surface area (Å²) in [5.74, 6) is 0. The molecule has 5 aromatic carbocycles. The summed E-state index contributed by atoms with van der Waals surface area (Å²) in [6, 6.07) is 34.0. The first kappa shape index (κ1) is 22.3. The summed E-state index contributed by atoms with van der Waals surface area (Å²) in [7, 11) is 2.06. The van der Waals surface area contributed by atoms with Crippen LogP contribution < -0.4 is 4.57 Å². The molecule has 0 aliphatic carbocycles. The first-order chi connectivity index (χ1) is 18.6. The number of fused-ring (bicyclic) bond motifs is 6. The molecule has 38 heavy (non-hydrogen) atoms. The fourth-order valence-electron chi connectivity index (χ4n) is 6.10. The van der Waals surface area contributed by atoms with Crippen LogP contribution in [0.2, 0.25) is 0 Å². The van der Waals surface area contributed by atoms with Crippen molar-refractivity contribution in [3.63, 3.8) is 0 Å². The van der Waals surface area contributed by atoms with E-state index in [1.165, 1.54) is 10.8 Å². The number of nitrogens with zero attached hydrogens (tertiary/aromatic N) is 2. The third-order valence-electron chi connectivity index (χ3n) is 7.78. The largest absolute Gasteiger partial charge is 0.454 e. The normalized spacial score (nSPS) is 11.5. The molecule has 180 valence electrons. The molecule has 0 saturated heterocycles. The van der Waals surface area contributed by atoms with Gasteiger partial charge >= 0.3 is 0 Å². The lowest BCUT2D eigenvalue weighted by Crippen LogP contribution is -2.30. The molecule has 7 rings (SSSR count). The van der Waals surface area contributed by atoms with Gasteiger partial charge in [0, 0.05) is 28.5 Å². The number of pyridine rings is 1. The van der Waals surface area contributed by atoms with Gasteiger partial charge in [0.1, 0.15) is 18.2 Å². The van der Waals surface area contributed by atoms with Gasteiger partial charge in [-0.25, -0.2) is 4.57 Å². The molecule has 3 heteroatoms. The average molecular weight is 490 g/mol. The number of furan rings is 1. The van der Waals surface area contributed by atoms with E-state index in [2.05, 4.69) is 111 Å². The van der Waals surface area contributed by atoms with Gasteiger partial charge in [-0.05, 0) is 76.3 Å². The summed E-state index contributed by atoms with van der Waals surface area (Å²) in [6.07, 6.45) is 2.06. The van der Waals surface area contributed by atoms with Crippen molar-refractivity contribution in [2.45, 2.75) is 13.8 Å². The Labute approximate surface area is 220 Å². The highest BCUT2D eigenvalue weighted by Gasteiger charge is 2.25. The number of hydrogen-bond acceptors (Lipinski definition) is 2. The third-order valence-corrected chi connectivity index (χ3v) is 7.78. The van der Waals surface area contributed by atoms with Crippen molar-refractivity contribution in [3.05, 3.63) is 114 Å². The molecule has 0 radical (unpaired) electrons. The molecule has 3 nitrogen and oxygen atoms in total. The first-order valence-electron chi connectivity index (χ1n) is 12.8. The molecule has 0 aliphatic rings. The Morgan fingerprint density at radius 1 is 0.684 bits per heavy atom. The van der Waals surface area contributed by atoms with E-state index >= 15 is 0 Å². The van der Waals surface area contributed by atoms with Gasteiger partial charge in [-0.3, -0.25) is 0 Å². The Morgan fingerprint density at radius 2 is 1.42 bits per heavy atom. The second-order valence-corrected chi connectivity index (χ2v) is 10.1. The third kappa shape index (κ3) is 3.11. The first-order valence-corrected chi connectivity index (χ1v) is 12.8. The van der Waals surface area contributed by atoms with Crippen LogP contribution >= 0.6 is 0 Å². The standard InChI is InChI=1S/C35H25N2O/c1-21-18-22(2)32(30-14-8-9-17-37(30)3)35-31(21)28-16-15-24(20-36)33(34(28)38-35)29-19-23-10-4-5-11-25(23)26-12-6-7-13-27(26)29/h4-19H,1-3H3/q+1. The molecule has 0 amide bonds. The fraction of sp³-hybridized carbons (Fsp3) is 0.0857. The monoisotopic (exact) mass is 489 g/mol. The van der Waals surface area contributed by atoms with Crippen molar-refractivity contribution in [1.29, 1.82) is 5.26 Å². The molecular weight excluding hydrogens is 464 g/mol. The minimum absolute atomic E-state index is 0.609. The molecule has 0 fully saturated rings. The van der Waals surface area contributed by atoms with Gasteiger partial charge in [0.05, 0.1) is 17.2 Å². The van der Waals surface area contributed by atoms with Crippen LogP contribution in [0.3, 0.4) is 0 Å². The Balaban J connectivity index is 1.68. The highest BCUT2D eigenvalue weighted by atomic mass is 16.3. The summed E-state index contributed by atoms with van der Waals surface area (Å²) >= 11 is 0. The zero-order valence-electron chi connectivity index (χ0n) is 21.5. The van der Waals surface area contributed by atoms with Gasteiger partial charge in [0.2, 0.25) is 5.69 Å². The number of benzene rings is 5. The van der Waals surface area contributed by atoms with Crippen LogP contribution in [0.4, 0.5) is 0 Å². The van der Waals surface area contributed by atoms with Crippen LogP contribution in [-0.2, 0) is 7.05 Å². The second kappa shape index (κ2) is 8.30. The van der Waals surface area contributed by atoms with Crippen LogP contribution in [0.5, 0.6) is 0 Å². The van der Waals surface area contributed by atoms with Crippen LogP contribution in [0, 0.1) is 25.2 Å². The van der Waals surface area contributed by atoms with Crippen molar-refractivity contribution in [2.24, 2.45) is 7.05 Å². The zero-order valence-corrected chi connectivity index (χ0v) is 21.5. The number of aromatic nitrogens is 1. The van der Waals surface area contributed by atoms with Gasteiger partial charge in [0.15, 0.2) is 6.20 Å². The highest BCUT2D eigenvalue weighted by molar-refractivity contribution is 6.20. The summed E-state index contributed by atoms with van der Waals surface area (Å²) in [5.41, 5.74) is 8.59. The van der Waals surface area contributed by atoms with Crippen molar-refractivity contribution in [3.8, 4) is 28.5 Å². The summed E-state index contributed by atoms with van der Waals surface area (Å²) in [6.45, 7) is 4.28.